The highest BCUT2D eigenvalue weighted by Gasteiger charge is 2.53. The number of aliphatic hydroxyl groups is 1. The summed E-state index contributed by atoms with van der Waals surface area (Å²) in [6.45, 7) is 4.38. The largest absolute Gasteiger partial charge is 0.396 e. The summed E-state index contributed by atoms with van der Waals surface area (Å²) in [4.78, 5) is 17.5. The Morgan fingerprint density at radius 1 is 1.18 bits per heavy atom. The van der Waals surface area contributed by atoms with Crippen LogP contribution in [0.2, 0.25) is 0 Å². The minimum Gasteiger partial charge on any atom is -0.396 e. The van der Waals surface area contributed by atoms with Gasteiger partial charge in [-0.1, -0.05) is 30.3 Å². The number of ketones is 1. The zero-order valence-corrected chi connectivity index (χ0v) is 18.7. The van der Waals surface area contributed by atoms with Gasteiger partial charge in [0.2, 0.25) is 5.78 Å². The molecule has 1 aromatic carbocycles. The molecule has 1 saturated heterocycles. The third-order valence-corrected chi connectivity index (χ3v) is 6.28. The number of aromatic nitrogens is 3. The monoisotopic (exact) mass is 448 g/mol. The molecule has 1 aliphatic carbocycles. The average molecular weight is 449 g/mol. The predicted molar refractivity (Wildman–Crippen MR) is 122 cm³/mol. The molecule has 8 nitrogen and oxygen atoms in total. The Hall–Kier alpha value is -3.07. The molecule has 3 heterocycles. The van der Waals surface area contributed by atoms with E-state index in [0.717, 1.165) is 5.56 Å². The van der Waals surface area contributed by atoms with Crippen LogP contribution in [0.3, 0.4) is 0 Å². The Kier molecular flexibility index (Phi) is 5.74. The van der Waals surface area contributed by atoms with Crippen LogP contribution in [0, 0.1) is 5.92 Å². The number of benzene rings is 1. The maximum Gasteiger partial charge on any atom is 0.216 e. The van der Waals surface area contributed by atoms with Crippen LogP contribution < -0.4 is 5.32 Å². The van der Waals surface area contributed by atoms with Crippen LogP contribution in [0.15, 0.2) is 61.1 Å². The van der Waals surface area contributed by atoms with E-state index in [1.54, 1.807) is 29.2 Å². The van der Waals surface area contributed by atoms with Crippen LogP contribution in [0.4, 0.5) is 5.69 Å². The second-order valence-electron chi connectivity index (χ2n) is 9.13. The molecule has 1 saturated carbocycles. The van der Waals surface area contributed by atoms with Crippen molar-refractivity contribution < 1.29 is 19.4 Å². The van der Waals surface area contributed by atoms with E-state index in [1.165, 1.54) is 0 Å². The number of hydrogen-bond donors (Lipinski definition) is 2. The molecule has 0 amide bonds. The molecule has 1 aliphatic heterocycles. The molecule has 33 heavy (non-hydrogen) atoms. The highest BCUT2D eigenvalue weighted by atomic mass is 16.8. The van der Waals surface area contributed by atoms with Gasteiger partial charge < -0.3 is 19.9 Å². The number of nitrogens with one attached hydrogen (secondary N) is 1. The number of pyridine rings is 1. The van der Waals surface area contributed by atoms with Gasteiger partial charge in [0, 0.05) is 36.8 Å². The molecule has 3 aromatic rings. The number of aliphatic hydroxyl groups excluding tert-OH is 1. The van der Waals surface area contributed by atoms with E-state index < -0.39 is 5.79 Å². The zero-order chi connectivity index (χ0) is 23.0. The zero-order valence-electron chi connectivity index (χ0n) is 18.7. The summed E-state index contributed by atoms with van der Waals surface area (Å²) in [5, 5.41) is 17.8. The predicted octanol–water partition coefficient (Wildman–Crippen LogP) is 2.87. The van der Waals surface area contributed by atoms with Crippen LogP contribution in [0.1, 0.15) is 41.9 Å². The van der Waals surface area contributed by atoms with Gasteiger partial charge in [0.05, 0.1) is 24.3 Å². The van der Waals surface area contributed by atoms with E-state index in [9.17, 15) is 9.90 Å². The third-order valence-electron chi connectivity index (χ3n) is 6.28. The fraction of sp³-hybridized carbons (Fsp3) is 0.400. The molecule has 4 atom stereocenters. The van der Waals surface area contributed by atoms with Gasteiger partial charge in [-0.2, -0.15) is 5.10 Å². The molecule has 1 unspecified atom stereocenters. The number of rotatable bonds is 7. The van der Waals surface area contributed by atoms with Gasteiger partial charge >= 0.3 is 0 Å². The van der Waals surface area contributed by atoms with Gasteiger partial charge in [0.25, 0.3) is 0 Å². The quantitative estimate of drug-likeness (QED) is 0.536. The molecule has 5 rings (SSSR count). The van der Waals surface area contributed by atoms with Crippen LogP contribution in [-0.2, 0) is 16.0 Å². The van der Waals surface area contributed by atoms with Gasteiger partial charge in [-0.3, -0.25) is 14.5 Å². The average Bonchev–Trinajstić information content (AvgIpc) is 3.48. The Bertz CT molecular complexity index is 1130. The molecule has 0 bridgehead atoms. The summed E-state index contributed by atoms with van der Waals surface area (Å²) in [6.07, 6.45) is 5.31. The molecular weight excluding hydrogens is 420 g/mol. The highest BCUT2D eigenvalue weighted by Crippen LogP contribution is 2.42. The molecule has 0 spiro atoms. The van der Waals surface area contributed by atoms with Crippen molar-refractivity contribution in [3.63, 3.8) is 0 Å². The van der Waals surface area contributed by atoms with Crippen molar-refractivity contribution in [2.24, 2.45) is 5.92 Å². The Balaban J connectivity index is 1.35. The second kappa shape index (κ2) is 8.70. The fourth-order valence-corrected chi connectivity index (χ4v) is 4.79. The van der Waals surface area contributed by atoms with Crippen LogP contribution in [0.25, 0.3) is 0 Å². The fourth-order valence-electron chi connectivity index (χ4n) is 4.79. The van der Waals surface area contributed by atoms with Gasteiger partial charge in [-0.05, 0) is 38.0 Å². The Morgan fingerprint density at radius 3 is 2.76 bits per heavy atom. The number of fused-ring (bicyclic) bond motifs is 1. The lowest BCUT2D eigenvalue weighted by molar-refractivity contribution is -0.158. The van der Waals surface area contributed by atoms with Crippen molar-refractivity contribution in [3.8, 4) is 0 Å². The first-order valence-electron chi connectivity index (χ1n) is 11.2. The summed E-state index contributed by atoms with van der Waals surface area (Å²) in [7, 11) is 0. The molecule has 0 radical (unpaired) electrons. The number of anilines is 1. The van der Waals surface area contributed by atoms with E-state index in [4.69, 9.17) is 9.47 Å². The Labute approximate surface area is 192 Å². The van der Waals surface area contributed by atoms with E-state index in [2.05, 4.69) is 15.4 Å². The lowest BCUT2D eigenvalue weighted by Crippen LogP contribution is -2.34. The number of ether oxygens (including phenoxy) is 2. The number of hydrogen-bond acceptors (Lipinski definition) is 7. The summed E-state index contributed by atoms with van der Waals surface area (Å²) in [6, 6.07) is 13.4. The SMILES string of the molecule is CC1(C)O[C@@H]2[C@@H](CO)CC(Nc3ccncc3C(=O)c3ccn(Cc4ccccc4)n3)[C@@H]2O1. The van der Waals surface area contributed by atoms with Crippen molar-refractivity contribution in [1.29, 1.82) is 0 Å². The van der Waals surface area contributed by atoms with E-state index >= 15 is 0 Å². The number of nitrogens with zero attached hydrogens (tertiary/aromatic N) is 3. The minimum absolute atomic E-state index is 0.0241. The first-order chi connectivity index (χ1) is 15.9. The van der Waals surface area contributed by atoms with Crippen LogP contribution in [0.5, 0.6) is 0 Å². The van der Waals surface area contributed by atoms with Gasteiger partial charge in [0.15, 0.2) is 5.79 Å². The van der Waals surface area contributed by atoms with Gasteiger partial charge in [-0.15, -0.1) is 0 Å². The lowest BCUT2D eigenvalue weighted by Gasteiger charge is -2.24. The van der Waals surface area contributed by atoms with E-state index in [-0.39, 0.29) is 36.6 Å². The second-order valence-corrected chi connectivity index (χ2v) is 9.13. The highest BCUT2D eigenvalue weighted by molar-refractivity contribution is 6.11. The normalized spacial score (nSPS) is 25.7. The van der Waals surface area contributed by atoms with Crippen molar-refractivity contribution in [2.45, 2.75) is 50.8 Å². The maximum atomic E-state index is 13.3. The van der Waals surface area contributed by atoms with Crippen molar-refractivity contribution in [3.05, 3.63) is 77.9 Å². The van der Waals surface area contributed by atoms with Gasteiger partial charge in [-0.25, -0.2) is 0 Å². The lowest BCUT2D eigenvalue weighted by atomic mass is 10.1. The number of carbonyl (C=O) groups is 1. The summed E-state index contributed by atoms with van der Waals surface area (Å²) in [5.74, 6) is -0.926. The summed E-state index contributed by atoms with van der Waals surface area (Å²) in [5.41, 5.74) is 2.59. The molecule has 8 heteroatoms. The van der Waals surface area contributed by atoms with E-state index in [0.29, 0.717) is 29.9 Å². The number of carbonyl (C=O) groups excluding carboxylic acids is 1. The van der Waals surface area contributed by atoms with Gasteiger partial charge in [0.1, 0.15) is 11.8 Å². The molecule has 2 aliphatic rings. The molecule has 2 fully saturated rings. The molecule has 2 N–H and O–H groups in total. The molecular formula is C25H28N4O4. The first-order valence-corrected chi connectivity index (χ1v) is 11.2. The third kappa shape index (κ3) is 4.42. The van der Waals surface area contributed by atoms with Crippen molar-refractivity contribution in [2.75, 3.05) is 11.9 Å². The standard InChI is InChI=1S/C25H28N4O4/c1-25(2)32-23-17(15-30)12-21(24(23)33-25)27-19-8-10-26-13-18(19)22(31)20-9-11-29(28-20)14-16-6-4-3-5-7-16/h3-11,13,17,21,23-24,30H,12,14-15H2,1-2H3,(H,26,27)/t17-,21?,23-,24+/m1/s1. The van der Waals surface area contributed by atoms with Crippen LogP contribution >= 0.6 is 0 Å². The summed E-state index contributed by atoms with van der Waals surface area (Å²) < 4.78 is 13.9. The smallest absolute Gasteiger partial charge is 0.216 e. The molecule has 172 valence electrons. The van der Waals surface area contributed by atoms with Crippen molar-refractivity contribution >= 4 is 11.5 Å². The first kappa shape index (κ1) is 21.8. The summed E-state index contributed by atoms with van der Waals surface area (Å²) >= 11 is 0. The van der Waals surface area contributed by atoms with Crippen LogP contribution in [-0.4, -0.2) is 56.3 Å². The Morgan fingerprint density at radius 2 is 1.97 bits per heavy atom. The van der Waals surface area contributed by atoms with E-state index in [1.807, 2.05) is 50.4 Å². The minimum atomic E-state index is -0.703. The molecule has 2 aromatic heterocycles. The maximum absolute atomic E-state index is 13.3. The van der Waals surface area contributed by atoms with Crippen molar-refractivity contribution in [1.82, 2.24) is 14.8 Å². The topological polar surface area (TPSA) is 98.5 Å².